The second-order valence-electron chi connectivity index (χ2n) is 5.81. The van der Waals surface area contributed by atoms with Gasteiger partial charge < -0.3 is 4.74 Å². The Morgan fingerprint density at radius 2 is 1.95 bits per heavy atom. The van der Waals surface area contributed by atoms with Gasteiger partial charge in [-0.2, -0.15) is 0 Å². The van der Waals surface area contributed by atoms with Crippen molar-refractivity contribution in [3.8, 4) is 0 Å². The van der Waals surface area contributed by atoms with Gasteiger partial charge in [-0.1, -0.05) is 36.4 Å². The van der Waals surface area contributed by atoms with Gasteiger partial charge in [0.25, 0.3) is 0 Å². The molecule has 1 aromatic rings. The Bertz CT molecular complexity index is 401. The maximum atomic E-state index is 11.8. The van der Waals surface area contributed by atoms with Crippen LogP contribution in [0.5, 0.6) is 0 Å². The number of hydrogen-bond acceptors (Lipinski definition) is 2. The Hall–Kier alpha value is -1.57. The quantitative estimate of drug-likeness (QED) is 0.567. The van der Waals surface area contributed by atoms with Crippen molar-refractivity contribution in [3.63, 3.8) is 0 Å². The van der Waals surface area contributed by atoms with E-state index in [0.717, 1.165) is 12.8 Å². The van der Waals surface area contributed by atoms with Crippen LogP contribution in [0.25, 0.3) is 0 Å². The minimum atomic E-state index is -0.414. The highest BCUT2D eigenvalue weighted by Crippen LogP contribution is 2.17. The van der Waals surface area contributed by atoms with Crippen LogP contribution in [0.1, 0.15) is 39.2 Å². The third kappa shape index (κ3) is 6.80. The van der Waals surface area contributed by atoms with E-state index in [4.69, 9.17) is 4.74 Å². The van der Waals surface area contributed by atoms with E-state index in [-0.39, 0.29) is 11.9 Å². The third-order valence-corrected chi connectivity index (χ3v) is 2.83. The maximum Gasteiger partial charge on any atom is 0.306 e. The van der Waals surface area contributed by atoms with Gasteiger partial charge in [-0.3, -0.25) is 4.79 Å². The Balaban J connectivity index is 2.42. The van der Waals surface area contributed by atoms with Crippen molar-refractivity contribution in [1.82, 2.24) is 0 Å². The van der Waals surface area contributed by atoms with E-state index in [0.29, 0.717) is 6.42 Å². The van der Waals surface area contributed by atoms with Crippen molar-refractivity contribution in [2.75, 3.05) is 0 Å². The summed E-state index contributed by atoms with van der Waals surface area (Å²) in [6.45, 7) is 9.48. The lowest BCUT2D eigenvalue weighted by Gasteiger charge is -2.21. The summed E-state index contributed by atoms with van der Waals surface area (Å²) in [7, 11) is 0. The standard InChI is InChI=1S/C17H24O2/c1-5-14(13-16(18)19-17(2,3)4)11-12-15-9-7-6-8-10-15/h5-10,14H,1,11-13H2,2-4H3/t14-/m1/s1. The van der Waals surface area contributed by atoms with Crippen LogP contribution in [0.3, 0.4) is 0 Å². The average Bonchev–Trinajstić information content (AvgIpc) is 2.33. The molecule has 19 heavy (non-hydrogen) atoms. The number of rotatable bonds is 6. The molecule has 0 bridgehead atoms. The second-order valence-corrected chi connectivity index (χ2v) is 5.81. The van der Waals surface area contributed by atoms with E-state index in [1.807, 2.05) is 45.0 Å². The first-order chi connectivity index (χ1) is 8.90. The van der Waals surface area contributed by atoms with Crippen LogP contribution in [0.2, 0.25) is 0 Å². The molecular weight excluding hydrogens is 236 g/mol. The molecule has 0 radical (unpaired) electrons. The number of esters is 1. The van der Waals surface area contributed by atoms with Gasteiger partial charge in [0.15, 0.2) is 0 Å². The SMILES string of the molecule is C=C[C@H](CCc1ccccc1)CC(=O)OC(C)(C)C. The van der Waals surface area contributed by atoms with Crippen LogP contribution in [-0.4, -0.2) is 11.6 Å². The summed E-state index contributed by atoms with van der Waals surface area (Å²) >= 11 is 0. The van der Waals surface area contributed by atoms with Crippen LogP contribution in [-0.2, 0) is 16.0 Å². The molecule has 0 aliphatic carbocycles. The second kappa shape index (κ2) is 7.13. The molecule has 0 fully saturated rings. The van der Waals surface area contributed by atoms with Gasteiger partial charge in [-0.15, -0.1) is 6.58 Å². The fraction of sp³-hybridized carbons (Fsp3) is 0.471. The number of benzene rings is 1. The maximum absolute atomic E-state index is 11.8. The summed E-state index contributed by atoms with van der Waals surface area (Å²) in [5.74, 6) is 0.0283. The third-order valence-electron chi connectivity index (χ3n) is 2.83. The molecule has 1 aromatic carbocycles. The number of hydrogen-bond donors (Lipinski definition) is 0. The van der Waals surface area contributed by atoms with E-state index >= 15 is 0 Å². The van der Waals surface area contributed by atoms with E-state index < -0.39 is 5.60 Å². The molecular formula is C17H24O2. The van der Waals surface area contributed by atoms with E-state index in [2.05, 4.69) is 18.7 Å². The average molecular weight is 260 g/mol. The number of allylic oxidation sites excluding steroid dienone is 1. The van der Waals surface area contributed by atoms with Crippen LogP contribution in [0, 0.1) is 5.92 Å². The fourth-order valence-electron chi connectivity index (χ4n) is 1.90. The molecule has 0 heterocycles. The predicted octanol–water partition coefficient (Wildman–Crippen LogP) is 4.15. The first-order valence-electron chi connectivity index (χ1n) is 6.79. The van der Waals surface area contributed by atoms with E-state index in [1.54, 1.807) is 0 Å². The lowest BCUT2D eigenvalue weighted by Crippen LogP contribution is -2.25. The van der Waals surface area contributed by atoms with Crippen LogP contribution >= 0.6 is 0 Å². The molecule has 2 heteroatoms. The molecule has 1 rings (SSSR count). The lowest BCUT2D eigenvalue weighted by atomic mass is 9.96. The minimum Gasteiger partial charge on any atom is -0.460 e. The van der Waals surface area contributed by atoms with E-state index in [1.165, 1.54) is 5.56 Å². The highest BCUT2D eigenvalue weighted by molar-refractivity contribution is 5.70. The topological polar surface area (TPSA) is 26.3 Å². The van der Waals surface area contributed by atoms with Gasteiger partial charge >= 0.3 is 5.97 Å². The molecule has 0 saturated heterocycles. The predicted molar refractivity (Wildman–Crippen MR) is 78.9 cm³/mol. The Morgan fingerprint density at radius 3 is 2.47 bits per heavy atom. The molecule has 0 N–H and O–H groups in total. The van der Waals surface area contributed by atoms with Crippen molar-refractivity contribution in [3.05, 3.63) is 48.6 Å². The molecule has 0 amide bonds. The zero-order valence-corrected chi connectivity index (χ0v) is 12.2. The van der Waals surface area contributed by atoms with Crippen molar-refractivity contribution in [1.29, 1.82) is 0 Å². The molecule has 1 atom stereocenters. The van der Waals surface area contributed by atoms with Gasteiger partial charge in [0.2, 0.25) is 0 Å². The highest BCUT2D eigenvalue weighted by Gasteiger charge is 2.18. The first kappa shape index (κ1) is 15.5. The Labute approximate surface area is 116 Å². The first-order valence-corrected chi connectivity index (χ1v) is 6.79. The molecule has 0 aliphatic rings. The van der Waals surface area contributed by atoms with Gasteiger partial charge in [-0.25, -0.2) is 0 Å². The van der Waals surface area contributed by atoms with Crippen LogP contribution < -0.4 is 0 Å². The molecule has 0 unspecified atom stereocenters. The van der Waals surface area contributed by atoms with Crippen molar-refractivity contribution >= 4 is 5.97 Å². The molecule has 0 spiro atoms. The monoisotopic (exact) mass is 260 g/mol. The van der Waals surface area contributed by atoms with Gasteiger partial charge in [-0.05, 0) is 45.1 Å². The summed E-state index contributed by atoms with van der Waals surface area (Å²) in [6, 6.07) is 10.3. The molecule has 0 aliphatic heterocycles. The lowest BCUT2D eigenvalue weighted by molar-refractivity contribution is -0.155. The molecule has 0 saturated carbocycles. The smallest absolute Gasteiger partial charge is 0.306 e. The molecule has 2 nitrogen and oxygen atoms in total. The van der Waals surface area contributed by atoms with Gasteiger partial charge in [0.1, 0.15) is 5.60 Å². The summed E-state index contributed by atoms with van der Waals surface area (Å²) in [5, 5.41) is 0. The largest absolute Gasteiger partial charge is 0.460 e. The summed E-state index contributed by atoms with van der Waals surface area (Å²) in [6.07, 6.45) is 4.15. The highest BCUT2D eigenvalue weighted by atomic mass is 16.6. The molecule has 0 aromatic heterocycles. The van der Waals surface area contributed by atoms with Gasteiger partial charge in [0, 0.05) is 0 Å². The Morgan fingerprint density at radius 1 is 1.32 bits per heavy atom. The number of ether oxygens (including phenoxy) is 1. The van der Waals surface area contributed by atoms with Crippen LogP contribution in [0.4, 0.5) is 0 Å². The minimum absolute atomic E-state index is 0.148. The van der Waals surface area contributed by atoms with Crippen molar-refractivity contribution in [2.45, 2.75) is 45.6 Å². The fourth-order valence-corrected chi connectivity index (χ4v) is 1.90. The number of carbonyl (C=O) groups is 1. The van der Waals surface area contributed by atoms with Crippen molar-refractivity contribution < 1.29 is 9.53 Å². The van der Waals surface area contributed by atoms with Crippen molar-refractivity contribution in [2.24, 2.45) is 5.92 Å². The number of carbonyl (C=O) groups excluding carboxylic acids is 1. The zero-order valence-electron chi connectivity index (χ0n) is 12.2. The summed E-state index contributed by atoms with van der Waals surface area (Å²) < 4.78 is 5.34. The number of aryl methyl sites for hydroxylation is 1. The van der Waals surface area contributed by atoms with Crippen LogP contribution in [0.15, 0.2) is 43.0 Å². The summed E-state index contributed by atoms with van der Waals surface area (Å²) in [5.41, 5.74) is 0.876. The van der Waals surface area contributed by atoms with Gasteiger partial charge in [0.05, 0.1) is 6.42 Å². The Kier molecular flexibility index (Phi) is 5.81. The zero-order chi connectivity index (χ0) is 14.3. The summed E-state index contributed by atoms with van der Waals surface area (Å²) in [4.78, 5) is 11.8. The van der Waals surface area contributed by atoms with E-state index in [9.17, 15) is 4.79 Å². The molecule has 104 valence electrons. The normalized spacial score (nSPS) is 12.8.